The van der Waals surface area contributed by atoms with E-state index in [0.29, 0.717) is 17.4 Å². The van der Waals surface area contributed by atoms with Crippen molar-refractivity contribution >= 4 is 19.7 Å². The molecule has 0 aromatic rings. The number of likely N-dealkylation sites (N-methyl/N-ethyl adjacent to an activating group) is 1. The summed E-state index contributed by atoms with van der Waals surface area (Å²) in [4.78, 5) is 37.4. The summed E-state index contributed by atoms with van der Waals surface area (Å²) < 4.78 is 30.5. The number of amides is 1. The number of phosphoric ester groups is 1. The van der Waals surface area contributed by atoms with Gasteiger partial charge in [-0.1, -0.05) is 197 Å². The van der Waals surface area contributed by atoms with Gasteiger partial charge in [0, 0.05) is 12.8 Å². The van der Waals surface area contributed by atoms with E-state index in [9.17, 15) is 19.0 Å². The number of nitrogens with one attached hydrogen (secondary N) is 1. The van der Waals surface area contributed by atoms with Crippen LogP contribution in [-0.4, -0.2) is 74.3 Å². The van der Waals surface area contributed by atoms with Crippen LogP contribution in [0.25, 0.3) is 0 Å². The Bertz CT molecular complexity index is 1380. The van der Waals surface area contributed by atoms with Gasteiger partial charge in [-0.05, 0) is 89.5 Å². The van der Waals surface area contributed by atoms with Gasteiger partial charge >= 0.3 is 13.8 Å². The van der Waals surface area contributed by atoms with E-state index in [2.05, 4.69) is 86.8 Å². The molecular weight excluding hydrogens is 856 g/mol. The van der Waals surface area contributed by atoms with Crippen LogP contribution in [0.3, 0.4) is 0 Å². The first kappa shape index (κ1) is 64.5. The molecule has 0 saturated heterocycles. The number of hydrogen-bond donors (Lipinski definition) is 2. The van der Waals surface area contributed by atoms with Crippen LogP contribution in [-0.2, 0) is 27.9 Å². The average molecular weight is 960 g/mol. The number of nitrogens with zero attached hydrogens (tertiary/aromatic N) is 1. The lowest BCUT2D eigenvalue weighted by atomic mass is 10.0. The molecule has 0 rings (SSSR count). The van der Waals surface area contributed by atoms with Crippen LogP contribution in [0.5, 0.6) is 0 Å². The molecule has 0 fully saturated rings. The van der Waals surface area contributed by atoms with Gasteiger partial charge in [-0.2, -0.15) is 0 Å². The van der Waals surface area contributed by atoms with Gasteiger partial charge in [0.15, 0.2) is 0 Å². The van der Waals surface area contributed by atoms with Gasteiger partial charge in [-0.15, -0.1) is 0 Å². The minimum absolute atomic E-state index is 0.0265. The molecule has 0 aromatic carbocycles. The van der Waals surface area contributed by atoms with Crippen molar-refractivity contribution in [1.29, 1.82) is 0 Å². The molecule has 0 aromatic heterocycles. The van der Waals surface area contributed by atoms with E-state index >= 15 is 0 Å². The predicted octanol–water partition coefficient (Wildman–Crippen LogP) is 16.1. The molecule has 10 heteroatoms. The zero-order valence-corrected chi connectivity index (χ0v) is 45.0. The number of phosphoric acid groups is 1. The van der Waals surface area contributed by atoms with Crippen molar-refractivity contribution in [3.63, 3.8) is 0 Å². The molecule has 9 nitrogen and oxygen atoms in total. The van der Waals surface area contributed by atoms with Crippen molar-refractivity contribution in [3.8, 4) is 0 Å². The summed E-state index contributed by atoms with van der Waals surface area (Å²) in [6.45, 7) is 6.88. The second kappa shape index (κ2) is 47.1. The topological polar surface area (TPSA) is 111 Å². The molecule has 388 valence electrons. The maximum atomic E-state index is 13.4. The second-order valence-electron chi connectivity index (χ2n) is 19.4. The standard InChI is InChI=1S/C57H103N2O7P/c1-7-10-13-16-19-22-25-27-28-29-30-32-35-37-40-43-46-49-56(60)58-54(53-65-67(62,63)64-52-51-59(4,5)6)55(48-45-42-39-36-34-31-26-23-20-17-14-11-8-2)66-57(61)50-47-44-41-38-33-24-21-18-15-12-9-3/h18-19,21-22,27-28,30,32,37,40,45,48,54-55H,7-17,20,23-26,29,31,33-36,38-39,41-44,46-47,49-53H2,1-6H3,(H-,58,60,62,63)/p+1/b21-18-,22-19-,28-27-,32-30-,40-37-,48-45+. The highest BCUT2D eigenvalue weighted by molar-refractivity contribution is 7.47. The Morgan fingerprint density at radius 2 is 0.940 bits per heavy atom. The molecule has 67 heavy (non-hydrogen) atoms. The minimum Gasteiger partial charge on any atom is -0.456 e. The smallest absolute Gasteiger partial charge is 0.456 e. The number of carbonyl (C=O) groups excluding carboxylic acids is 2. The Balaban J connectivity index is 5.51. The van der Waals surface area contributed by atoms with Gasteiger partial charge in [0.1, 0.15) is 19.3 Å². The van der Waals surface area contributed by atoms with Crippen LogP contribution in [0.4, 0.5) is 0 Å². The Hall–Kier alpha value is -2.55. The zero-order chi connectivity index (χ0) is 49.4. The van der Waals surface area contributed by atoms with Crippen LogP contribution < -0.4 is 5.32 Å². The highest BCUT2D eigenvalue weighted by Gasteiger charge is 2.30. The molecule has 0 radical (unpaired) electrons. The van der Waals surface area contributed by atoms with Crippen molar-refractivity contribution < 1.29 is 37.3 Å². The van der Waals surface area contributed by atoms with Gasteiger partial charge in [0.2, 0.25) is 5.91 Å². The summed E-state index contributed by atoms with van der Waals surface area (Å²) in [6.07, 6.45) is 59.0. The summed E-state index contributed by atoms with van der Waals surface area (Å²) in [5, 5.41) is 3.00. The molecule has 3 unspecified atom stereocenters. The van der Waals surface area contributed by atoms with Gasteiger partial charge < -0.3 is 19.4 Å². The zero-order valence-electron chi connectivity index (χ0n) is 44.1. The first-order valence-corrected chi connectivity index (χ1v) is 28.8. The van der Waals surface area contributed by atoms with E-state index < -0.39 is 20.0 Å². The Kier molecular flexibility index (Phi) is 45.3. The molecule has 0 aliphatic carbocycles. The Morgan fingerprint density at radius 3 is 1.48 bits per heavy atom. The fourth-order valence-electron chi connectivity index (χ4n) is 7.32. The van der Waals surface area contributed by atoms with E-state index in [4.69, 9.17) is 13.8 Å². The molecule has 3 atom stereocenters. The van der Waals surface area contributed by atoms with Crippen molar-refractivity contribution in [1.82, 2.24) is 5.32 Å². The molecule has 0 saturated carbocycles. The molecule has 2 N–H and O–H groups in total. The van der Waals surface area contributed by atoms with Crippen LogP contribution in [0.15, 0.2) is 72.9 Å². The summed E-state index contributed by atoms with van der Waals surface area (Å²) in [5.74, 6) is -0.586. The summed E-state index contributed by atoms with van der Waals surface area (Å²) in [7, 11) is 1.45. The molecule has 0 heterocycles. The van der Waals surface area contributed by atoms with Crippen molar-refractivity contribution in [3.05, 3.63) is 72.9 Å². The minimum atomic E-state index is -4.46. The van der Waals surface area contributed by atoms with Crippen LogP contribution in [0.1, 0.15) is 226 Å². The molecule has 0 bridgehead atoms. The Labute approximate surface area is 413 Å². The monoisotopic (exact) mass is 960 g/mol. The molecule has 1 amide bonds. The van der Waals surface area contributed by atoms with Crippen molar-refractivity contribution in [2.75, 3.05) is 40.9 Å². The number of quaternary nitrogens is 1. The van der Waals surface area contributed by atoms with Gasteiger partial charge in [-0.25, -0.2) is 4.57 Å². The van der Waals surface area contributed by atoms with Crippen LogP contribution in [0, 0.1) is 0 Å². The first-order valence-electron chi connectivity index (χ1n) is 27.3. The molecular formula is C57H104N2O7P+. The van der Waals surface area contributed by atoms with E-state index in [-0.39, 0.29) is 37.9 Å². The second-order valence-corrected chi connectivity index (χ2v) is 20.8. The van der Waals surface area contributed by atoms with E-state index in [1.165, 1.54) is 96.3 Å². The molecule has 0 aliphatic rings. The number of unbranched alkanes of at least 4 members (excludes halogenated alkanes) is 22. The number of hydrogen-bond acceptors (Lipinski definition) is 6. The van der Waals surface area contributed by atoms with Gasteiger partial charge in [-0.3, -0.25) is 18.6 Å². The lowest BCUT2D eigenvalue weighted by Gasteiger charge is -2.27. The number of carbonyl (C=O) groups is 2. The number of allylic oxidation sites excluding steroid dienone is 11. The van der Waals surface area contributed by atoms with Gasteiger partial charge in [0.05, 0.1) is 33.8 Å². The van der Waals surface area contributed by atoms with Crippen molar-refractivity contribution in [2.45, 2.75) is 238 Å². The SMILES string of the molecule is CCCC/C=C\CCCCCCCC(=O)OC(/C=C/CCCCCCCCCCCCC)C(COP(=O)(O)OCC[N+](C)(C)C)NC(=O)CCC/C=C\C/C=C\C/C=C\C/C=C\CCCCC. The van der Waals surface area contributed by atoms with E-state index in [0.717, 1.165) is 89.9 Å². The third-order valence-corrected chi connectivity index (χ3v) is 12.6. The third-order valence-electron chi connectivity index (χ3n) is 11.6. The highest BCUT2D eigenvalue weighted by Crippen LogP contribution is 2.43. The summed E-state index contributed by atoms with van der Waals surface area (Å²) in [5.41, 5.74) is 0. The van der Waals surface area contributed by atoms with E-state index in [1.54, 1.807) is 0 Å². The lowest BCUT2D eigenvalue weighted by Crippen LogP contribution is -2.47. The van der Waals surface area contributed by atoms with Crippen LogP contribution >= 0.6 is 7.82 Å². The predicted molar refractivity (Wildman–Crippen MR) is 286 cm³/mol. The number of ether oxygens (including phenoxy) is 1. The number of esters is 1. The highest BCUT2D eigenvalue weighted by atomic mass is 31.2. The Morgan fingerprint density at radius 1 is 0.522 bits per heavy atom. The maximum Gasteiger partial charge on any atom is 0.472 e. The average Bonchev–Trinajstić information content (AvgIpc) is 3.28. The first-order chi connectivity index (χ1) is 32.4. The van der Waals surface area contributed by atoms with Crippen LogP contribution in [0.2, 0.25) is 0 Å². The normalized spacial score (nSPS) is 14.4. The summed E-state index contributed by atoms with van der Waals surface area (Å²) in [6, 6.07) is -0.880. The summed E-state index contributed by atoms with van der Waals surface area (Å²) >= 11 is 0. The quantitative estimate of drug-likeness (QED) is 0.0205. The fraction of sp³-hybridized carbons (Fsp3) is 0.754. The molecule has 0 spiro atoms. The number of rotatable bonds is 48. The maximum absolute atomic E-state index is 13.4. The largest absolute Gasteiger partial charge is 0.472 e. The van der Waals surface area contributed by atoms with Gasteiger partial charge in [0.25, 0.3) is 0 Å². The fourth-order valence-corrected chi connectivity index (χ4v) is 8.06. The van der Waals surface area contributed by atoms with E-state index in [1.807, 2.05) is 33.3 Å². The third kappa shape index (κ3) is 48.3. The lowest BCUT2D eigenvalue weighted by molar-refractivity contribution is -0.870. The van der Waals surface area contributed by atoms with Crippen molar-refractivity contribution in [2.24, 2.45) is 0 Å². The molecule has 0 aliphatic heterocycles.